The largest absolute Gasteiger partial charge is 0.481 e. The average Bonchev–Trinajstić information content (AvgIpc) is 2.81. The van der Waals surface area contributed by atoms with Crippen LogP contribution in [0.4, 0.5) is 24.5 Å². The summed E-state index contributed by atoms with van der Waals surface area (Å²) in [6.07, 6.45) is -5.14. The number of benzene rings is 3. The fourth-order valence-electron chi connectivity index (χ4n) is 3.17. The number of nitrogens with one attached hydrogen (secondary N) is 2. The second kappa shape index (κ2) is 11.6. The van der Waals surface area contributed by atoms with E-state index in [2.05, 4.69) is 10.6 Å². The zero-order valence-electron chi connectivity index (χ0n) is 18.2. The van der Waals surface area contributed by atoms with Gasteiger partial charge in [-0.1, -0.05) is 48.5 Å². The smallest absolute Gasteiger partial charge is 0.418 e. The topological polar surface area (TPSA) is 95.5 Å². The number of hydrogen-bond acceptors (Lipinski definition) is 4. The quantitative estimate of drug-likeness (QED) is 0.313. The van der Waals surface area contributed by atoms with Crippen LogP contribution >= 0.6 is 11.8 Å². The van der Waals surface area contributed by atoms with E-state index in [0.717, 1.165) is 17.8 Å². The predicted molar refractivity (Wildman–Crippen MR) is 127 cm³/mol. The Bertz CT molecular complexity index is 1200. The Balaban J connectivity index is 1.83. The lowest BCUT2D eigenvalue weighted by molar-refractivity contribution is -0.138. The van der Waals surface area contributed by atoms with Crippen molar-refractivity contribution < 1.29 is 32.7 Å². The van der Waals surface area contributed by atoms with Crippen molar-refractivity contribution in [3.8, 4) is 0 Å². The number of thioether (sulfide) groups is 1. The van der Waals surface area contributed by atoms with Gasteiger partial charge in [0, 0.05) is 17.0 Å². The van der Waals surface area contributed by atoms with Crippen LogP contribution in [0.2, 0.25) is 0 Å². The molecule has 0 aliphatic rings. The number of hydrogen-bond donors (Lipinski definition) is 3. The summed E-state index contributed by atoms with van der Waals surface area (Å²) in [4.78, 5) is 36.4. The third-order valence-corrected chi connectivity index (χ3v) is 6.02. The van der Waals surface area contributed by atoms with Gasteiger partial charge in [0.15, 0.2) is 0 Å². The lowest BCUT2D eigenvalue weighted by atomic mass is 10.1. The van der Waals surface area contributed by atoms with E-state index in [1.807, 2.05) is 0 Å². The maximum absolute atomic E-state index is 13.4. The van der Waals surface area contributed by atoms with Gasteiger partial charge in [0.25, 0.3) is 0 Å². The number of aliphatic carboxylic acids is 1. The van der Waals surface area contributed by atoms with Crippen molar-refractivity contribution in [2.24, 2.45) is 0 Å². The first-order valence-corrected chi connectivity index (χ1v) is 11.3. The van der Waals surface area contributed by atoms with Crippen LogP contribution < -0.4 is 10.6 Å². The van der Waals surface area contributed by atoms with Crippen molar-refractivity contribution in [2.45, 2.75) is 29.2 Å². The van der Waals surface area contributed by atoms with E-state index in [1.165, 1.54) is 18.2 Å². The van der Waals surface area contributed by atoms with Gasteiger partial charge in [-0.3, -0.25) is 14.4 Å². The van der Waals surface area contributed by atoms with Crippen LogP contribution in [0.1, 0.15) is 29.2 Å². The lowest BCUT2D eigenvalue weighted by Gasteiger charge is -2.19. The summed E-state index contributed by atoms with van der Waals surface area (Å²) in [5, 5.41) is 12.8. The molecule has 0 spiro atoms. The van der Waals surface area contributed by atoms with Crippen LogP contribution in [0.25, 0.3) is 0 Å². The molecule has 0 saturated carbocycles. The zero-order valence-corrected chi connectivity index (χ0v) is 19.0. The van der Waals surface area contributed by atoms with Gasteiger partial charge in [0.1, 0.15) is 5.25 Å². The van der Waals surface area contributed by atoms with Crippen molar-refractivity contribution in [3.05, 3.63) is 90.0 Å². The predicted octanol–water partition coefficient (Wildman–Crippen LogP) is 5.98. The van der Waals surface area contributed by atoms with E-state index in [4.69, 9.17) is 5.11 Å². The molecule has 0 aliphatic carbocycles. The Morgan fingerprint density at radius 3 is 2.23 bits per heavy atom. The van der Waals surface area contributed by atoms with Gasteiger partial charge >= 0.3 is 12.1 Å². The third-order valence-electron chi connectivity index (χ3n) is 4.77. The average molecular weight is 503 g/mol. The second-order valence-corrected chi connectivity index (χ2v) is 8.59. The van der Waals surface area contributed by atoms with Crippen molar-refractivity contribution in [2.75, 3.05) is 10.6 Å². The molecule has 3 aromatic carbocycles. The highest BCUT2D eigenvalue weighted by Crippen LogP contribution is 2.39. The SMILES string of the molecule is O=C(O)CCC(=O)Nc1cccc(SC(C(=O)Nc2ccccc2C(F)(F)F)c2ccccc2)c1. The number of para-hydroxylation sites is 1. The number of halogens is 3. The highest BCUT2D eigenvalue weighted by molar-refractivity contribution is 8.00. The highest BCUT2D eigenvalue weighted by Gasteiger charge is 2.34. The molecular formula is C25H21F3N2O4S. The van der Waals surface area contributed by atoms with E-state index in [-0.39, 0.29) is 18.5 Å². The van der Waals surface area contributed by atoms with Crippen LogP contribution in [0, 0.1) is 0 Å². The molecule has 0 heterocycles. The Hall–Kier alpha value is -3.79. The molecule has 0 bridgehead atoms. The summed E-state index contributed by atoms with van der Waals surface area (Å²) >= 11 is 1.10. The first kappa shape index (κ1) is 25.8. The molecule has 0 saturated heterocycles. The summed E-state index contributed by atoms with van der Waals surface area (Å²) < 4.78 is 40.2. The molecule has 0 aliphatic heterocycles. The molecule has 182 valence electrons. The number of carbonyl (C=O) groups is 3. The molecule has 35 heavy (non-hydrogen) atoms. The van der Waals surface area contributed by atoms with Crippen LogP contribution in [-0.4, -0.2) is 22.9 Å². The van der Waals surface area contributed by atoms with Crippen LogP contribution in [0.3, 0.4) is 0 Å². The summed E-state index contributed by atoms with van der Waals surface area (Å²) in [6.45, 7) is 0. The summed E-state index contributed by atoms with van der Waals surface area (Å²) in [6, 6.07) is 19.9. The number of carboxylic acids is 1. The van der Waals surface area contributed by atoms with E-state index in [0.29, 0.717) is 16.1 Å². The summed E-state index contributed by atoms with van der Waals surface area (Å²) in [5.41, 5.74) is -0.308. The van der Waals surface area contributed by atoms with Gasteiger partial charge in [-0.2, -0.15) is 13.2 Å². The van der Waals surface area contributed by atoms with E-state index < -0.39 is 34.8 Å². The van der Waals surface area contributed by atoms with Gasteiger partial charge in [0.2, 0.25) is 11.8 Å². The third kappa shape index (κ3) is 7.61. The van der Waals surface area contributed by atoms with Gasteiger partial charge in [-0.05, 0) is 35.9 Å². The van der Waals surface area contributed by atoms with E-state index >= 15 is 0 Å². The summed E-state index contributed by atoms with van der Waals surface area (Å²) in [5.74, 6) is -2.21. The molecule has 0 radical (unpaired) electrons. The molecule has 6 nitrogen and oxygen atoms in total. The van der Waals surface area contributed by atoms with Crippen molar-refractivity contribution >= 4 is 40.9 Å². The minimum Gasteiger partial charge on any atom is -0.481 e. The maximum Gasteiger partial charge on any atom is 0.418 e. The maximum atomic E-state index is 13.4. The number of rotatable bonds is 9. The fourth-order valence-corrected chi connectivity index (χ4v) is 4.25. The number of anilines is 2. The molecule has 3 aromatic rings. The number of amides is 2. The highest BCUT2D eigenvalue weighted by atomic mass is 32.2. The number of carboxylic acid groups (broad SMARTS) is 1. The molecule has 1 unspecified atom stereocenters. The zero-order chi connectivity index (χ0) is 25.4. The number of alkyl halides is 3. The Morgan fingerprint density at radius 2 is 1.54 bits per heavy atom. The van der Waals surface area contributed by atoms with Crippen LogP contribution in [-0.2, 0) is 20.6 Å². The first-order valence-electron chi connectivity index (χ1n) is 10.4. The second-order valence-electron chi connectivity index (χ2n) is 7.41. The number of carbonyl (C=O) groups excluding carboxylic acids is 2. The Labute approximate surface area is 203 Å². The Kier molecular flexibility index (Phi) is 8.53. The van der Waals surface area contributed by atoms with Gasteiger partial charge in [0.05, 0.1) is 17.7 Å². The van der Waals surface area contributed by atoms with Gasteiger partial charge in [-0.25, -0.2) is 0 Å². The minimum absolute atomic E-state index is 0.194. The normalized spacial score (nSPS) is 12.0. The molecule has 3 rings (SSSR count). The van der Waals surface area contributed by atoms with Crippen molar-refractivity contribution in [1.82, 2.24) is 0 Å². The lowest BCUT2D eigenvalue weighted by Crippen LogP contribution is -2.21. The molecule has 3 N–H and O–H groups in total. The van der Waals surface area contributed by atoms with Crippen LogP contribution in [0.5, 0.6) is 0 Å². The Morgan fingerprint density at radius 1 is 0.857 bits per heavy atom. The molecular weight excluding hydrogens is 481 g/mol. The molecule has 0 aromatic heterocycles. The van der Waals surface area contributed by atoms with E-state index in [1.54, 1.807) is 54.6 Å². The summed E-state index contributed by atoms with van der Waals surface area (Å²) in [7, 11) is 0. The van der Waals surface area contributed by atoms with Crippen molar-refractivity contribution in [1.29, 1.82) is 0 Å². The fraction of sp³-hybridized carbons (Fsp3) is 0.160. The minimum atomic E-state index is -4.63. The first-order chi connectivity index (χ1) is 16.6. The molecule has 0 fully saturated rings. The van der Waals surface area contributed by atoms with Crippen molar-refractivity contribution in [3.63, 3.8) is 0 Å². The standard InChI is InChI=1S/C25H21F3N2O4S/c26-25(27,28)19-11-4-5-12-20(19)30-24(34)23(16-7-2-1-3-8-16)35-18-10-6-9-17(15-18)29-21(31)13-14-22(32)33/h1-12,15,23H,13-14H2,(H,29,31)(H,30,34)(H,32,33). The monoisotopic (exact) mass is 502 g/mol. The van der Waals surface area contributed by atoms with Gasteiger partial charge < -0.3 is 15.7 Å². The molecule has 2 amide bonds. The van der Waals surface area contributed by atoms with E-state index in [9.17, 15) is 27.6 Å². The molecule has 10 heteroatoms. The molecule has 1 atom stereocenters. The van der Waals surface area contributed by atoms with Crippen LogP contribution in [0.15, 0.2) is 83.8 Å². The van der Waals surface area contributed by atoms with Gasteiger partial charge in [-0.15, -0.1) is 11.8 Å².